The highest BCUT2D eigenvalue weighted by Crippen LogP contribution is 2.31. The van der Waals surface area contributed by atoms with Gasteiger partial charge in [-0.05, 0) is 43.5 Å². The first kappa shape index (κ1) is 14.8. The van der Waals surface area contributed by atoms with Crippen LogP contribution >= 0.6 is 11.3 Å². The van der Waals surface area contributed by atoms with Crippen LogP contribution in [0.1, 0.15) is 22.5 Å². The third-order valence-corrected chi connectivity index (χ3v) is 5.89. The number of amides is 1. The molecule has 4 rings (SSSR count). The number of halogens is 1. The highest BCUT2D eigenvalue weighted by atomic mass is 32.1. The monoisotopic (exact) mass is 330 g/mol. The molecule has 0 spiro atoms. The van der Waals surface area contributed by atoms with Crippen molar-refractivity contribution in [2.75, 3.05) is 19.6 Å². The number of nitrogens with one attached hydrogen (secondary N) is 1. The molecular weight excluding hydrogens is 311 g/mol. The Labute approximate surface area is 139 Å². The number of rotatable bonds is 3. The SMILES string of the molecule is O=C(N[C@@H]1C[C@H]2CCN(C2)C1)c1ccc(-c2ccccc2F)s1. The zero-order chi connectivity index (χ0) is 15.8. The summed E-state index contributed by atoms with van der Waals surface area (Å²) >= 11 is 1.35. The molecule has 0 aliphatic carbocycles. The van der Waals surface area contributed by atoms with Crippen LogP contribution in [0.25, 0.3) is 10.4 Å². The summed E-state index contributed by atoms with van der Waals surface area (Å²) in [6, 6.07) is 10.5. The molecule has 3 nitrogen and oxygen atoms in total. The zero-order valence-corrected chi connectivity index (χ0v) is 13.6. The summed E-state index contributed by atoms with van der Waals surface area (Å²) in [6.07, 6.45) is 2.33. The molecule has 2 bridgehead atoms. The van der Waals surface area contributed by atoms with Crippen molar-refractivity contribution in [3.8, 4) is 10.4 Å². The lowest BCUT2D eigenvalue weighted by Gasteiger charge is -2.30. The van der Waals surface area contributed by atoms with Crippen molar-refractivity contribution in [2.45, 2.75) is 18.9 Å². The molecule has 2 aliphatic rings. The minimum Gasteiger partial charge on any atom is -0.347 e. The minimum absolute atomic E-state index is 0.0370. The maximum Gasteiger partial charge on any atom is 0.261 e. The van der Waals surface area contributed by atoms with Gasteiger partial charge in [0.05, 0.1) is 4.88 Å². The van der Waals surface area contributed by atoms with E-state index in [1.165, 1.54) is 30.4 Å². The summed E-state index contributed by atoms with van der Waals surface area (Å²) < 4.78 is 13.9. The Morgan fingerprint density at radius 2 is 2.09 bits per heavy atom. The van der Waals surface area contributed by atoms with E-state index in [-0.39, 0.29) is 17.8 Å². The average Bonchev–Trinajstić information content (AvgIpc) is 3.15. The van der Waals surface area contributed by atoms with Crippen LogP contribution in [0.3, 0.4) is 0 Å². The number of carbonyl (C=O) groups is 1. The van der Waals surface area contributed by atoms with Crippen LogP contribution < -0.4 is 5.32 Å². The van der Waals surface area contributed by atoms with E-state index in [0.29, 0.717) is 10.4 Å². The van der Waals surface area contributed by atoms with Gasteiger partial charge in [0.2, 0.25) is 0 Å². The Morgan fingerprint density at radius 3 is 2.91 bits per heavy atom. The molecule has 1 aromatic heterocycles. The number of fused-ring (bicyclic) bond motifs is 2. The molecule has 120 valence electrons. The topological polar surface area (TPSA) is 32.3 Å². The van der Waals surface area contributed by atoms with Gasteiger partial charge in [0, 0.05) is 29.6 Å². The Kier molecular flexibility index (Phi) is 3.91. The number of carbonyl (C=O) groups excluding carboxylic acids is 1. The second kappa shape index (κ2) is 6.06. The first-order valence-electron chi connectivity index (χ1n) is 8.07. The molecule has 3 atom stereocenters. The van der Waals surface area contributed by atoms with Crippen molar-refractivity contribution < 1.29 is 9.18 Å². The Morgan fingerprint density at radius 1 is 1.22 bits per heavy atom. The number of hydrogen-bond acceptors (Lipinski definition) is 3. The number of thiophene rings is 1. The van der Waals surface area contributed by atoms with Gasteiger partial charge in [-0.2, -0.15) is 0 Å². The molecule has 3 heterocycles. The number of piperidine rings is 1. The number of hydrogen-bond donors (Lipinski definition) is 1. The van der Waals surface area contributed by atoms with Crippen molar-refractivity contribution in [3.05, 3.63) is 47.1 Å². The summed E-state index contributed by atoms with van der Waals surface area (Å²) in [5, 5.41) is 3.15. The zero-order valence-electron chi connectivity index (χ0n) is 12.8. The molecule has 2 fully saturated rings. The fourth-order valence-corrected chi connectivity index (χ4v) is 4.62. The fraction of sp³-hybridized carbons (Fsp3) is 0.389. The van der Waals surface area contributed by atoms with Crippen LogP contribution in [0.2, 0.25) is 0 Å². The summed E-state index contributed by atoms with van der Waals surface area (Å²) in [6.45, 7) is 3.30. The van der Waals surface area contributed by atoms with Crippen LogP contribution in [-0.2, 0) is 0 Å². The van der Waals surface area contributed by atoms with Crippen molar-refractivity contribution in [1.29, 1.82) is 0 Å². The van der Waals surface area contributed by atoms with E-state index in [2.05, 4.69) is 10.2 Å². The van der Waals surface area contributed by atoms with E-state index in [0.717, 1.165) is 30.3 Å². The molecule has 1 aromatic carbocycles. The Bertz CT molecular complexity index is 717. The van der Waals surface area contributed by atoms with Gasteiger partial charge in [-0.25, -0.2) is 4.39 Å². The number of nitrogens with zero attached hydrogens (tertiary/aromatic N) is 1. The van der Waals surface area contributed by atoms with Gasteiger partial charge in [0.25, 0.3) is 5.91 Å². The van der Waals surface area contributed by atoms with Gasteiger partial charge in [0.15, 0.2) is 0 Å². The molecule has 1 unspecified atom stereocenters. The van der Waals surface area contributed by atoms with Gasteiger partial charge in [-0.1, -0.05) is 18.2 Å². The van der Waals surface area contributed by atoms with Crippen LogP contribution in [0, 0.1) is 11.7 Å². The standard InChI is InChI=1S/C18H19FN2OS/c19-15-4-2-1-3-14(15)16-5-6-17(23-16)18(22)20-13-9-12-7-8-21(10-12)11-13/h1-6,12-13H,7-11H2,(H,20,22)/t12-,13-/m1/s1. The summed E-state index contributed by atoms with van der Waals surface area (Å²) in [4.78, 5) is 16.3. The molecule has 1 N–H and O–H groups in total. The van der Waals surface area contributed by atoms with Gasteiger partial charge in [-0.15, -0.1) is 11.3 Å². The van der Waals surface area contributed by atoms with Gasteiger partial charge in [0.1, 0.15) is 5.82 Å². The van der Waals surface area contributed by atoms with E-state index in [4.69, 9.17) is 0 Å². The van der Waals surface area contributed by atoms with Crippen molar-refractivity contribution in [1.82, 2.24) is 10.2 Å². The van der Waals surface area contributed by atoms with Crippen LogP contribution in [0.5, 0.6) is 0 Å². The smallest absolute Gasteiger partial charge is 0.261 e. The summed E-state index contributed by atoms with van der Waals surface area (Å²) in [7, 11) is 0. The summed E-state index contributed by atoms with van der Waals surface area (Å²) in [5.41, 5.74) is 0.554. The molecule has 1 amide bonds. The first-order chi connectivity index (χ1) is 11.2. The predicted molar refractivity (Wildman–Crippen MR) is 90.1 cm³/mol. The Hall–Kier alpha value is -1.72. The first-order valence-corrected chi connectivity index (χ1v) is 8.88. The van der Waals surface area contributed by atoms with E-state index in [1.807, 2.05) is 12.1 Å². The van der Waals surface area contributed by atoms with Crippen LogP contribution in [-0.4, -0.2) is 36.5 Å². The molecule has 0 radical (unpaired) electrons. The van der Waals surface area contributed by atoms with E-state index in [1.54, 1.807) is 18.2 Å². The maximum atomic E-state index is 13.9. The quantitative estimate of drug-likeness (QED) is 0.936. The fourth-order valence-electron chi connectivity index (χ4n) is 3.69. The Balaban J connectivity index is 1.46. The van der Waals surface area contributed by atoms with Crippen LogP contribution in [0.15, 0.2) is 36.4 Å². The van der Waals surface area contributed by atoms with Gasteiger partial charge < -0.3 is 10.2 Å². The lowest BCUT2D eigenvalue weighted by Crippen LogP contribution is -2.46. The largest absolute Gasteiger partial charge is 0.347 e. The van der Waals surface area contributed by atoms with Crippen molar-refractivity contribution >= 4 is 17.2 Å². The molecule has 2 saturated heterocycles. The van der Waals surface area contributed by atoms with Crippen molar-refractivity contribution in [2.24, 2.45) is 5.92 Å². The van der Waals surface area contributed by atoms with E-state index in [9.17, 15) is 9.18 Å². The van der Waals surface area contributed by atoms with Gasteiger partial charge in [-0.3, -0.25) is 4.79 Å². The molecule has 0 saturated carbocycles. The van der Waals surface area contributed by atoms with E-state index < -0.39 is 0 Å². The molecule has 2 aliphatic heterocycles. The number of benzene rings is 1. The van der Waals surface area contributed by atoms with Crippen LogP contribution in [0.4, 0.5) is 4.39 Å². The predicted octanol–water partition coefficient (Wildman–Crippen LogP) is 3.38. The molecular formula is C18H19FN2OS. The lowest BCUT2D eigenvalue weighted by atomic mass is 9.97. The second-order valence-corrected chi connectivity index (χ2v) is 7.55. The molecule has 2 aromatic rings. The molecule has 5 heteroatoms. The lowest BCUT2D eigenvalue weighted by molar-refractivity contribution is 0.0913. The maximum absolute atomic E-state index is 13.9. The van der Waals surface area contributed by atoms with Gasteiger partial charge >= 0.3 is 0 Å². The highest BCUT2D eigenvalue weighted by molar-refractivity contribution is 7.17. The molecule has 23 heavy (non-hydrogen) atoms. The van der Waals surface area contributed by atoms with Crippen molar-refractivity contribution in [3.63, 3.8) is 0 Å². The average molecular weight is 330 g/mol. The highest BCUT2D eigenvalue weighted by Gasteiger charge is 2.33. The summed E-state index contributed by atoms with van der Waals surface area (Å²) in [5.74, 6) is 0.439. The normalized spacial score (nSPS) is 26.2. The third kappa shape index (κ3) is 3.03. The minimum atomic E-state index is -0.252. The second-order valence-electron chi connectivity index (χ2n) is 6.46. The van der Waals surface area contributed by atoms with E-state index >= 15 is 0 Å². The third-order valence-electron chi connectivity index (χ3n) is 4.77.